The number of carbonyl (C=O) groups excluding carboxylic acids is 1. The lowest BCUT2D eigenvalue weighted by Gasteiger charge is -2.30. The van der Waals surface area contributed by atoms with Gasteiger partial charge in [-0.15, -0.1) is 0 Å². The number of rotatable bonds is 7. The van der Waals surface area contributed by atoms with Crippen molar-refractivity contribution in [1.82, 2.24) is 9.80 Å². The third-order valence-electron chi connectivity index (χ3n) is 6.39. The van der Waals surface area contributed by atoms with Crippen LogP contribution in [0.1, 0.15) is 50.0 Å². The molecule has 1 aromatic carbocycles. The fourth-order valence-corrected chi connectivity index (χ4v) is 4.66. The van der Waals surface area contributed by atoms with E-state index in [9.17, 15) is 4.79 Å². The van der Waals surface area contributed by atoms with Crippen LogP contribution in [-0.2, 0) is 4.79 Å². The average molecular weight is 353 g/mol. The molecule has 1 saturated carbocycles. The van der Waals surface area contributed by atoms with Gasteiger partial charge in [-0.2, -0.15) is 0 Å². The van der Waals surface area contributed by atoms with Gasteiger partial charge >= 0.3 is 0 Å². The Bertz CT molecular complexity index is 620. The molecule has 1 aromatic rings. The molecule has 1 saturated heterocycles. The number of hydrogen-bond donors (Lipinski definition) is 0. The zero-order valence-electron chi connectivity index (χ0n) is 15.9. The van der Waals surface area contributed by atoms with Crippen molar-refractivity contribution >= 4 is 5.91 Å². The van der Waals surface area contributed by atoms with Gasteiger partial charge in [-0.05, 0) is 69.0 Å². The molecule has 26 heavy (non-hydrogen) atoms. The van der Waals surface area contributed by atoms with Crippen molar-refractivity contribution in [3.05, 3.63) is 48.0 Å². The first-order chi connectivity index (χ1) is 12.8. The molecular formula is C23H32N2O. The first kappa shape index (κ1) is 17.8. The molecule has 0 unspecified atom stereocenters. The van der Waals surface area contributed by atoms with Crippen LogP contribution in [0.2, 0.25) is 0 Å². The van der Waals surface area contributed by atoms with Crippen LogP contribution in [0.3, 0.4) is 0 Å². The van der Waals surface area contributed by atoms with Crippen LogP contribution in [0.25, 0.3) is 0 Å². The largest absolute Gasteiger partial charge is 0.341 e. The average Bonchev–Trinajstić information content (AvgIpc) is 3.33. The van der Waals surface area contributed by atoms with Gasteiger partial charge in [0.05, 0.1) is 0 Å². The Morgan fingerprint density at radius 3 is 2.65 bits per heavy atom. The molecule has 0 spiro atoms. The first-order valence-corrected chi connectivity index (χ1v) is 10.5. The Morgan fingerprint density at radius 1 is 1.12 bits per heavy atom. The molecule has 3 atom stereocenters. The number of allylic oxidation sites excluding steroid dienone is 2. The highest BCUT2D eigenvalue weighted by Crippen LogP contribution is 2.48. The Morgan fingerprint density at radius 2 is 1.92 bits per heavy atom. The van der Waals surface area contributed by atoms with Gasteiger partial charge in [0.15, 0.2) is 0 Å². The van der Waals surface area contributed by atoms with Crippen molar-refractivity contribution in [2.24, 2.45) is 11.8 Å². The number of nitrogens with zero attached hydrogens (tertiary/aromatic N) is 2. The van der Waals surface area contributed by atoms with Crippen molar-refractivity contribution < 1.29 is 4.79 Å². The minimum absolute atomic E-state index is 0.218. The van der Waals surface area contributed by atoms with Crippen LogP contribution in [-0.4, -0.2) is 48.4 Å². The number of carbonyl (C=O) groups is 1. The molecule has 0 aromatic heterocycles. The molecule has 0 N–H and O–H groups in total. The standard InChI is InChI=1S/C23H32N2O/c26-23(22-17-21(22)20-11-5-2-6-12-20)25(16-15-24-13-7-8-14-24)18-19-9-3-1-4-10-19/h1-3,5-6,11-12,19,21-22H,4,7-10,13-18H2/t19-,21+,22-/m1/s1. The van der Waals surface area contributed by atoms with Gasteiger partial charge in [0.1, 0.15) is 0 Å². The third-order valence-corrected chi connectivity index (χ3v) is 6.39. The molecule has 2 aliphatic carbocycles. The molecule has 0 radical (unpaired) electrons. The highest BCUT2D eigenvalue weighted by molar-refractivity contribution is 5.83. The van der Waals surface area contributed by atoms with Crippen molar-refractivity contribution in [1.29, 1.82) is 0 Å². The molecular weight excluding hydrogens is 320 g/mol. The smallest absolute Gasteiger partial charge is 0.226 e. The van der Waals surface area contributed by atoms with E-state index in [1.54, 1.807) is 0 Å². The topological polar surface area (TPSA) is 23.6 Å². The lowest BCUT2D eigenvalue weighted by Crippen LogP contribution is -2.41. The van der Waals surface area contributed by atoms with Gasteiger partial charge < -0.3 is 9.80 Å². The summed E-state index contributed by atoms with van der Waals surface area (Å²) in [4.78, 5) is 18.0. The van der Waals surface area contributed by atoms with E-state index in [2.05, 4.69) is 52.3 Å². The molecule has 1 aliphatic heterocycles. The summed E-state index contributed by atoms with van der Waals surface area (Å²) in [5.41, 5.74) is 1.34. The molecule has 140 valence electrons. The summed E-state index contributed by atoms with van der Waals surface area (Å²) < 4.78 is 0. The van der Waals surface area contributed by atoms with Crippen molar-refractivity contribution in [3.8, 4) is 0 Å². The van der Waals surface area contributed by atoms with Crippen LogP contribution in [0, 0.1) is 11.8 Å². The van der Waals surface area contributed by atoms with Gasteiger partial charge in [0.25, 0.3) is 0 Å². The lowest BCUT2D eigenvalue weighted by atomic mass is 9.93. The normalized spacial score (nSPS) is 28.2. The highest BCUT2D eigenvalue weighted by Gasteiger charge is 2.45. The SMILES string of the molecule is O=C([C@@H]1C[C@H]1c1ccccc1)N(CCN1CCCC1)C[C@@H]1CC=CCC1. The summed E-state index contributed by atoms with van der Waals surface area (Å²) >= 11 is 0. The summed E-state index contributed by atoms with van der Waals surface area (Å²) in [6.07, 6.45) is 11.8. The second-order valence-electron chi connectivity index (χ2n) is 8.34. The molecule has 3 nitrogen and oxygen atoms in total. The van der Waals surface area contributed by atoms with Crippen LogP contribution < -0.4 is 0 Å². The van der Waals surface area contributed by atoms with Crippen molar-refractivity contribution in [2.75, 3.05) is 32.7 Å². The highest BCUT2D eigenvalue weighted by atomic mass is 16.2. The van der Waals surface area contributed by atoms with E-state index in [1.807, 2.05) is 0 Å². The van der Waals surface area contributed by atoms with Crippen LogP contribution in [0.4, 0.5) is 0 Å². The zero-order valence-corrected chi connectivity index (χ0v) is 15.9. The maximum atomic E-state index is 13.3. The third kappa shape index (κ3) is 4.37. The number of likely N-dealkylation sites (tertiary alicyclic amines) is 1. The van der Waals surface area contributed by atoms with Crippen molar-refractivity contribution in [3.63, 3.8) is 0 Å². The first-order valence-electron chi connectivity index (χ1n) is 10.5. The lowest BCUT2D eigenvalue weighted by molar-refractivity contribution is -0.133. The fraction of sp³-hybridized carbons (Fsp3) is 0.609. The van der Waals surface area contributed by atoms with Gasteiger partial charge in [-0.3, -0.25) is 4.79 Å². The molecule has 1 heterocycles. The van der Waals surface area contributed by atoms with E-state index >= 15 is 0 Å². The summed E-state index contributed by atoms with van der Waals surface area (Å²) in [5, 5.41) is 0. The molecule has 3 aliphatic rings. The molecule has 4 rings (SSSR count). The van der Waals surface area contributed by atoms with Gasteiger partial charge in [0, 0.05) is 25.6 Å². The van der Waals surface area contributed by atoms with Crippen LogP contribution in [0.15, 0.2) is 42.5 Å². The van der Waals surface area contributed by atoms with E-state index in [1.165, 1.54) is 44.3 Å². The fourth-order valence-electron chi connectivity index (χ4n) is 4.66. The minimum atomic E-state index is 0.218. The molecule has 1 amide bonds. The number of amides is 1. The Balaban J connectivity index is 1.37. The van der Waals surface area contributed by atoms with Crippen LogP contribution in [0.5, 0.6) is 0 Å². The molecule has 3 heteroatoms. The Kier molecular flexibility index (Phi) is 5.74. The summed E-state index contributed by atoms with van der Waals surface area (Å²) in [7, 11) is 0. The Hall–Kier alpha value is -1.61. The maximum Gasteiger partial charge on any atom is 0.226 e. The predicted octanol–water partition coefficient (Wildman–Crippen LogP) is 4.07. The van der Waals surface area contributed by atoms with E-state index in [0.29, 0.717) is 17.7 Å². The van der Waals surface area contributed by atoms with E-state index in [4.69, 9.17) is 0 Å². The Labute approximate surface area is 158 Å². The molecule has 0 bridgehead atoms. The monoisotopic (exact) mass is 352 g/mol. The second-order valence-corrected chi connectivity index (χ2v) is 8.34. The summed E-state index contributed by atoms with van der Waals surface area (Å²) in [6.45, 7) is 5.34. The number of benzene rings is 1. The van der Waals surface area contributed by atoms with E-state index in [0.717, 1.165) is 32.5 Å². The summed E-state index contributed by atoms with van der Waals surface area (Å²) in [6, 6.07) is 10.6. The second kappa shape index (κ2) is 8.39. The summed E-state index contributed by atoms with van der Waals surface area (Å²) in [5.74, 6) is 1.73. The molecule has 2 fully saturated rings. The minimum Gasteiger partial charge on any atom is -0.341 e. The number of hydrogen-bond acceptors (Lipinski definition) is 2. The van der Waals surface area contributed by atoms with E-state index < -0.39 is 0 Å². The predicted molar refractivity (Wildman–Crippen MR) is 106 cm³/mol. The zero-order chi connectivity index (χ0) is 17.8. The maximum absolute atomic E-state index is 13.3. The van der Waals surface area contributed by atoms with Crippen molar-refractivity contribution in [2.45, 2.75) is 44.4 Å². The van der Waals surface area contributed by atoms with Gasteiger partial charge in [-0.25, -0.2) is 0 Å². The quantitative estimate of drug-likeness (QED) is 0.691. The van der Waals surface area contributed by atoms with Gasteiger partial charge in [0.2, 0.25) is 5.91 Å². The van der Waals surface area contributed by atoms with E-state index in [-0.39, 0.29) is 5.92 Å². The van der Waals surface area contributed by atoms with Gasteiger partial charge in [-0.1, -0.05) is 42.5 Å². The van der Waals surface area contributed by atoms with Crippen LogP contribution >= 0.6 is 0 Å².